The van der Waals surface area contributed by atoms with Crippen LogP contribution in [-0.4, -0.2) is 21.0 Å². The predicted molar refractivity (Wildman–Crippen MR) is 103 cm³/mol. The molecule has 3 rings (SSSR count). The monoisotopic (exact) mass is 355 g/mol. The Kier molecular flexibility index (Phi) is 5.74. The molecular formula is C21H27O3Si. The van der Waals surface area contributed by atoms with E-state index in [2.05, 4.69) is 81.4 Å². The molecule has 133 valence electrons. The highest BCUT2D eigenvalue weighted by molar-refractivity contribution is 6.99. The molecule has 0 aliphatic carbocycles. The van der Waals surface area contributed by atoms with E-state index in [1.54, 1.807) is 6.61 Å². The van der Waals surface area contributed by atoms with Gasteiger partial charge < -0.3 is 4.43 Å². The molecule has 0 N–H and O–H groups in total. The summed E-state index contributed by atoms with van der Waals surface area (Å²) >= 11 is 0. The van der Waals surface area contributed by atoms with Crippen LogP contribution in [0.1, 0.15) is 33.6 Å². The summed E-state index contributed by atoms with van der Waals surface area (Å²) in [7, 11) is -2.43. The van der Waals surface area contributed by atoms with E-state index in [1.165, 1.54) is 10.4 Å². The van der Waals surface area contributed by atoms with Gasteiger partial charge in [0, 0.05) is 13.0 Å². The average molecular weight is 356 g/mol. The van der Waals surface area contributed by atoms with Gasteiger partial charge >= 0.3 is 0 Å². The molecule has 0 amide bonds. The summed E-state index contributed by atoms with van der Waals surface area (Å²) in [6, 6.07) is 21.4. The fraction of sp³-hybridized carbons (Fsp3) is 0.381. The van der Waals surface area contributed by atoms with Crippen molar-refractivity contribution in [2.45, 2.75) is 44.8 Å². The van der Waals surface area contributed by atoms with Crippen molar-refractivity contribution < 1.29 is 14.2 Å². The minimum atomic E-state index is -2.43. The molecule has 4 heteroatoms. The molecular weight excluding hydrogens is 328 g/mol. The topological polar surface area (TPSA) is 27.7 Å². The highest BCUT2D eigenvalue weighted by Gasteiger charge is 2.50. The summed E-state index contributed by atoms with van der Waals surface area (Å²) in [5.41, 5.74) is 0. The van der Waals surface area contributed by atoms with Crippen LogP contribution < -0.4 is 10.4 Å². The first-order chi connectivity index (χ1) is 12.0. The van der Waals surface area contributed by atoms with Crippen molar-refractivity contribution in [3.05, 3.63) is 67.3 Å². The summed E-state index contributed by atoms with van der Waals surface area (Å²) < 4.78 is 6.82. The lowest BCUT2D eigenvalue weighted by Gasteiger charge is -2.43. The molecule has 1 aliphatic rings. The van der Waals surface area contributed by atoms with Gasteiger partial charge in [0.1, 0.15) is 6.61 Å². The molecule has 3 nitrogen and oxygen atoms in total. The van der Waals surface area contributed by atoms with Crippen molar-refractivity contribution in [1.82, 2.24) is 0 Å². The summed E-state index contributed by atoms with van der Waals surface area (Å²) in [4.78, 5) is 10.2. The van der Waals surface area contributed by atoms with Gasteiger partial charge in [0.15, 0.2) is 0 Å². The Labute approximate surface area is 152 Å². The van der Waals surface area contributed by atoms with Crippen LogP contribution in [0.25, 0.3) is 0 Å². The van der Waals surface area contributed by atoms with Crippen molar-refractivity contribution in [3.63, 3.8) is 0 Å². The predicted octanol–water partition coefficient (Wildman–Crippen LogP) is 3.84. The Morgan fingerprint density at radius 3 is 1.96 bits per heavy atom. The second kappa shape index (κ2) is 7.83. The maximum absolute atomic E-state index is 6.82. The normalized spacial score (nSPS) is 18.4. The van der Waals surface area contributed by atoms with Crippen LogP contribution in [0.3, 0.4) is 0 Å². The largest absolute Gasteiger partial charge is 0.407 e. The Morgan fingerprint density at radius 1 is 0.960 bits per heavy atom. The van der Waals surface area contributed by atoms with E-state index in [1.807, 2.05) is 0 Å². The fourth-order valence-corrected chi connectivity index (χ4v) is 8.15. The van der Waals surface area contributed by atoms with E-state index >= 15 is 0 Å². The van der Waals surface area contributed by atoms with E-state index in [0.29, 0.717) is 6.61 Å². The minimum Gasteiger partial charge on any atom is -0.407 e. The number of hydrogen-bond donors (Lipinski definition) is 0. The van der Waals surface area contributed by atoms with Gasteiger partial charge in [-0.1, -0.05) is 81.4 Å². The molecule has 1 heterocycles. The van der Waals surface area contributed by atoms with Gasteiger partial charge in [-0.05, 0) is 21.8 Å². The maximum atomic E-state index is 6.82. The third-order valence-corrected chi connectivity index (χ3v) is 9.84. The number of rotatable bonds is 6. The van der Waals surface area contributed by atoms with E-state index < -0.39 is 8.32 Å². The zero-order valence-electron chi connectivity index (χ0n) is 15.3. The molecule has 1 aliphatic heterocycles. The van der Waals surface area contributed by atoms with Crippen molar-refractivity contribution in [2.75, 3.05) is 6.61 Å². The van der Waals surface area contributed by atoms with Crippen LogP contribution in [-0.2, 0) is 14.2 Å². The van der Waals surface area contributed by atoms with Gasteiger partial charge in [-0.2, -0.15) is 0 Å². The third kappa shape index (κ3) is 3.87. The average Bonchev–Trinajstić information content (AvgIpc) is 3.13. The molecule has 1 radical (unpaired) electrons. The summed E-state index contributed by atoms with van der Waals surface area (Å²) in [5, 5.41) is 2.63. The fourth-order valence-electron chi connectivity index (χ4n) is 3.57. The number of benzene rings is 2. The molecule has 1 atom stereocenters. The molecule has 1 fully saturated rings. The molecule has 0 bridgehead atoms. The molecule has 0 aromatic heterocycles. The molecule has 1 unspecified atom stereocenters. The van der Waals surface area contributed by atoms with Crippen LogP contribution in [0.2, 0.25) is 5.04 Å². The smallest absolute Gasteiger partial charge is 0.261 e. The lowest BCUT2D eigenvalue weighted by molar-refractivity contribution is -0.258. The first-order valence-corrected chi connectivity index (χ1v) is 10.8. The lowest BCUT2D eigenvalue weighted by Crippen LogP contribution is -2.66. The Hall–Kier alpha value is -1.46. The first-order valence-electron chi connectivity index (χ1n) is 8.93. The second-order valence-corrected chi connectivity index (χ2v) is 11.8. The van der Waals surface area contributed by atoms with Gasteiger partial charge in [0.2, 0.25) is 0 Å². The zero-order valence-corrected chi connectivity index (χ0v) is 16.3. The van der Waals surface area contributed by atoms with Crippen LogP contribution in [0.5, 0.6) is 0 Å². The van der Waals surface area contributed by atoms with Gasteiger partial charge in [-0.3, -0.25) is 0 Å². The summed E-state index contributed by atoms with van der Waals surface area (Å²) in [6.45, 7) is 9.26. The molecule has 25 heavy (non-hydrogen) atoms. The SMILES string of the molecule is CC(C)(C)[Si](OCCC1C[CH]OO1)(c1ccccc1)c1ccccc1. The Morgan fingerprint density at radius 2 is 1.52 bits per heavy atom. The van der Waals surface area contributed by atoms with Crippen molar-refractivity contribution in [3.8, 4) is 0 Å². The third-order valence-electron chi connectivity index (χ3n) is 4.79. The summed E-state index contributed by atoms with van der Waals surface area (Å²) in [6.07, 6.45) is 1.75. The minimum absolute atomic E-state index is 0.00879. The highest BCUT2D eigenvalue weighted by Crippen LogP contribution is 2.37. The van der Waals surface area contributed by atoms with E-state index in [4.69, 9.17) is 14.2 Å². The number of hydrogen-bond acceptors (Lipinski definition) is 3. The van der Waals surface area contributed by atoms with Gasteiger partial charge in [-0.15, -0.1) is 0 Å². The molecule has 2 aromatic carbocycles. The lowest BCUT2D eigenvalue weighted by atomic mass is 10.2. The first kappa shape index (κ1) is 18.3. The van der Waals surface area contributed by atoms with E-state index in [9.17, 15) is 0 Å². The Bertz CT molecular complexity index is 606. The second-order valence-electron chi connectivity index (χ2n) is 7.52. The Balaban J connectivity index is 1.96. The van der Waals surface area contributed by atoms with Crippen molar-refractivity contribution >= 4 is 18.7 Å². The van der Waals surface area contributed by atoms with Gasteiger partial charge in [0.25, 0.3) is 8.32 Å². The maximum Gasteiger partial charge on any atom is 0.261 e. The molecule has 2 aromatic rings. The van der Waals surface area contributed by atoms with Crippen molar-refractivity contribution in [2.24, 2.45) is 0 Å². The molecule has 1 saturated heterocycles. The van der Waals surface area contributed by atoms with Crippen LogP contribution in [0.4, 0.5) is 0 Å². The molecule has 0 saturated carbocycles. The van der Waals surface area contributed by atoms with E-state index in [0.717, 1.165) is 12.8 Å². The standard InChI is InChI=1S/C21H27O3Si/c1-21(2,3)25(19-10-6-4-7-11-19,20-12-8-5-9-13-20)23-17-15-18-14-16-22-24-18/h4-13,16,18H,14-15,17H2,1-3H3. The zero-order chi connectivity index (χ0) is 17.8. The van der Waals surface area contributed by atoms with Crippen LogP contribution >= 0.6 is 0 Å². The van der Waals surface area contributed by atoms with Crippen molar-refractivity contribution in [1.29, 1.82) is 0 Å². The summed E-state index contributed by atoms with van der Waals surface area (Å²) in [5.74, 6) is 0. The van der Waals surface area contributed by atoms with Crippen LogP contribution in [0.15, 0.2) is 60.7 Å². The van der Waals surface area contributed by atoms with Crippen LogP contribution in [0, 0.1) is 6.61 Å². The van der Waals surface area contributed by atoms with Gasteiger partial charge in [-0.25, -0.2) is 9.78 Å². The highest BCUT2D eigenvalue weighted by atomic mass is 28.4. The van der Waals surface area contributed by atoms with E-state index in [-0.39, 0.29) is 11.1 Å². The van der Waals surface area contributed by atoms with Gasteiger partial charge in [0.05, 0.1) is 6.10 Å². The quantitative estimate of drug-likeness (QED) is 0.582. The molecule has 0 spiro atoms.